The van der Waals surface area contributed by atoms with Crippen molar-refractivity contribution < 1.29 is 10.1 Å². The molecule has 1 aliphatic rings. The first-order valence-electron chi connectivity index (χ1n) is 4.33. The van der Waals surface area contributed by atoms with Gasteiger partial charge in [0.25, 0.3) is 0 Å². The minimum absolute atomic E-state index is 0.364. The average Bonchev–Trinajstić information content (AvgIpc) is 2.06. The van der Waals surface area contributed by atoms with Gasteiger partial charge in [0.15, 0.2) is 0 Å². The summed E-state index contributed by atoms with van der Waals surface area (Å²) in [6.07, 6.45) is 5.37. The third kappa shape index (κ3) is 2.47. The van der Waals surface area contributed by atoms with Gasteiger partial charge in [0.2, 0.25) is 0 Å². The molecule has 0 aromatic heterocycles. The molecule has 0 aliphatic heterocycles. The molecule has 68 valence electrons. The van der Waals surface area contributed by atoms with E-state index in [1.54, 1.807) is 0 Å². The first kappa shape index (κ1) is 9.49. The Balaban J connectivity index is 2.42. The third-order valence-corrected chi connectivity index (χ3v) is 2.45. The van der Waals surface area contributed by atoms with Crippen molar-refractivity contribution in [1.29, 1.82) is 0 Å². The van der Waals surface area contributed by atoms with Gasteiger partial charge in [-0.15, -0.1) is 0 Å². The molecular weight excluding hydrogens is 152 g/mol. The van der Waals surface area contributed by atoms with Crippen LogP contribution < -0.4 is 0 Å². The van der Waals surface area contributed by atoms with E-state index in [-0.39, 0.29) is 0 Å². The van der Waals surface area contributed by atoms with Gasteiger partial charge in [0, 0.05) is 0 Å². The summed E-state index contributed by atoms with van der Waals surface area (Å²) in [5.74, 6) is 0.632. The minimum Gasteiger partial charge on any atom is -0.251 e. The standard InChI is InChI=1S/C10H16O2/c1-8(2)10-5-3-9(4-6-10)7-12-11/h3,10-11H,1,4-7H2,2H3. The van der Waals surface area contributed by atoms with E-state index in [0.29, 0.717) is 12.5 Å². The van der Waals surface area contributed by atoms with Crippen LogP contribution in [0.25, 0.3) is 0 Å². The molecule has 0 saturated carbocycles. The number of allylic oxidation sites excluding steroid dienone is 2. The van der Waals surface area contributed by atoms with Crippen LogP contribution in [0.1, 0.15) is 26.2 Å². The first-order chi connectivity index (χ1) is 5.74. The maximum Gasteiger partial charge on any atom is 0.103 e. The lowest BCUT2D eigenvalue weighted by atomic mass is 9.86. The monoisotopic (exact) mass is 168 g/mol. The molecule has 0 bridgehead atoms. The number of hydrogen-bond donors (Lipinski definition) is 1. The van der Waals surface area contributed by atoms with Crippen molar-refractivity contribution in [3.05, 3.63) is 23.8 Å². The third-order valence-electron chi connectivity index (χ3n) is 2.45. The van der Waals surface area contributed by atoms with E-state index >= 15 is 0 Å². The molecule has 2 nitrogen and oxygen atoms in total. The van der Waals surface area contributed by atoms with Crippen LogP contribution in [0.2, 0.25) is 0 Å². The molecule has 2 heteroatoms. The summed E-state index contributed by atoms with van der Waals surface area (Å²) in [5, 5.41) is 8.24. The summed E-state index contributed by atoms with van der Waals surface area (Å²) in [4.78, 5) is 4.09. The molecule has 12 heavy (non-hydrogen) atoms. The van der Waals surface area contributed by atoms with Crippen molar-refractivity contribution in [2.45, 2.75) is 26.2 Å². The molecule has 0 amide bonds. The molecule has 1 aliphatic carbocycles. The smallest absolute Gasteiger partial charge is 0.103 e. The summed E-state index contributed by atoms with van der Waals surface area (Å²) < 4.78 is 0. The number of rotatable bonds is 3. The minimum atomic E-state index is 0.364. The van der Waals surface area contributed by atoms with Gasteiger partial charge in [0.1, 0.15) is 6.61 Å². The van der Waals surface area contributed by atoms with E-state index in [1.807, 2.05) is 0 Å². The second kappa shape index (κ2) is 4.43. The Hall–Kier alpha value is -0.600. The van der Waals surface area contributed by atoms with Gasteiger partial charge in [0.05, 0.1) is 0 Å². The average molecular weight is 168 g/mol. The van der Waals surface area contributed by atoms with Crippen LogP contribution in [-0.2, 0) is 4.89 Å². The highest BCUT2D eigenvalue weighted by molar-refractivity contribution is 5.12. The van der Waals surface area contributed by atoms with Gasteiger partial charge in [-0.25, -0.2) is 4.89 Å². The zero-order valence-electron chi connectivity index (χ0n) is 7.55. The van der Waals surface area contributed by atoms with Crippen molar-refractivity contribution in [2.75, 3.05) is 6.61 Å². The fourth-order valence-electron chi connectivity index (χ4n) is 1.55. The quantitative estimate of drug-likeness (QED) is 0.399. The van der Waals surface area contributed by atoms with E-state index in [4.69, 9.17) is 5.26 Å². The van der Waals surface area contributed by atoms with Gasteiger partial charge >= 0.3 is 0 Å². The summed E-state index contributed by atoms with van der Waals surface area (Å²) in [5.41, 5.74) is 2.46. The zero-order valence-corrected chi connectivity index (χ0v) is 7.55. The van der Waals surface area contributed by atoms with Crippen molar-refractivity contribution in [3.63, 3.8) is 0 Å². The fourth-order valence-corrected chi connectivity index (χ4v) is 1.55. The Kier molecular flexibility index (Phi) is 3.50. The lowest BCUT2D eigenvalue weighted by Gasteiger charge is -2.21. The molecular formula is C10H16O2. The van der Waals surface area contributed by atoms with Crippen LogP contribution >= 0.6 is 0 Å². The molecule has 1 rings (SSSR count). The number of hydrogen-bond acceptors (Lipinski definition) is 2. The SMILES string of the molecule is C=C(C)C1CC=C(COO)CC1. The molecule has 0 aromatic rings. The van der Waals surface area contributed by atoms with Crippen LogP contribution in [0.4, 0.5) is 0 Å². The van der Waals surface area contributed by atoms with Crippen molar-refractivity contribution in [1.82, 2.24) is 0 Å². The molecule has 1 atom stereocenters. The molecule has 0 saturated heterocycles. The van der Waals surface area contributed by atoms with Gasteiger partial charge in [-0.05, 0) is 37.7 Å². The molecule has 0 heterocycles. The highest BCUT2D eigenvalue weighted by Gasteiger charge is 2.14. The van der Waals surface area contributed by atoms with E-state index in [1.165, 1.54) is 11.1 Å². The Bertz CT molecular complexity index is 194. The topological polar surface area (TPSA) is 29.5 Å². The largest absolute Gasteiger partial charge is 0.251 e. The maximum absolute atomic E-state index is 8.24. The van der Waals surface area contributed by atoms with Crippen molar-refractivity contribution in [2.24, 2.45) is 5.92 Å². The zero-order chi connectivity index (χ0) is 8.97. The molecule has 0 spiro atoms. The van der Waals surface area contributed by atoms with Crippen LogP contribution in [0.5, 0.6) is 0 Å². The Morgan fingerprint density at radius 3 is 3.00 bits per heavy atom. The van der Waals surface area contributed by atoms with Crippen LogP contribution in [0, 0.1) is 5.92 Å². The molecule has 0 aromatic carbocycles. The van der Waals surface area contributed by atoms with Crippen LogP contribution in [-0.4, -0.2) is 11.9 Å². The first-order valence-corrected chi connectivity index (χ1v) is 4.33. The van der Waals surface area contributed by atoms with Crippen molar-refractivity contribution in [3.8, 4) is 0 Å². The van der Waals surface area contributed by atoms with E-state index < -0.39 is 0 Å². The van der Waals surface area contributed by atoms with Gasteiger partial charge < -0.3 is 0 Å². The molecule has 1 N–H and O–H groups in total. The highest BCUT2D eigenvalue weighted by Crippen LogP contribution is 2.27. The normalized spacial score (nSPS) is 23.5. The predicted octanol–water partition coefficient (Wildman–Crippen LogP) is 2.78. The Labute approximate surface area is 73.5 Å². The Morgan fingerprint density at radius 1 is 1.83 bits per heavy atom. The van der Waals surface area contributed by atoms with Gasteiger partial charge in [-0.3, -0.25) is 5.26 Å². The molecule has 0 fully saturated rings. The lowest BCUT2D eigenvalue weighted by molar-refractivity contribution is -0.234. The van der Waals surface area contributed by atoms with Gasteiger partial charge in [-0.1, -0.05) is 18.2 Å². The predicted molar refractivity (Wildman–Crippen MR) is 48.8 cm³/mol. The summed E-state index contributed by atoms with van der Waals surface area (Å²) >= 11 is 0. The van der Waals surface area contributed by atoms with E-state index in [2.05, 4.69) is 24.5 Å². The summed E-state index contributed by atoms with van der Waals surface area (Å²) in [6, 6.07) is 0. The second-order valence-corrected chi connectivity index (χ2v) is 3.45. The summed E-state index contributed by atoms with van der Waals surface area (Å²) in [7, 11) is 0. The lowest BCUT2D eigenvalue weighted by Crippen LogP contribution is -2.08. The maximum atomic E-state index is 8.24. The molecule has 1 unspecified atom stereocenters. The summed E-state index contributed by atoms with van der Waals surface area (Å²) in [6.45, 7) is 6.38. The van der Waals surface area contributed by atoms with E-state index in [0.717, 1.165) is 19.3 Å². The fraction of sp³-hybridized carbons (Fsp3) is 0.600. The van der Waals surface area contributed by atoms with Crippen LogP contribution in [0.3, 0.4) is 0 Å². The Morgan fingerprint density at radius 2 is 2.58 bits per heavy atom. The van der Waals surface area contributed by atoms with Crippen LogP contribution in [0.15, 0.2) is 23.8 Å². The second-order valence-electron chi connectivity index (χ2n) is 3.45. The van der Waals surface area contributed by atoms with Gasteiger partial charge in [-0.2, -0.15) is 0 Å². The molecule has 0 radical (unpaired) electrons. The highest BCUT2D eigenvalue weighted by atomic mass is 17.1. The van der Waals surface area contributed by atoms with Crippen molar-refractivity contribution >= 4 is 0 Å². The van der Waals surface area contributed by atoms with E-state index in [9.17, 15) is 0 Å².